The fourth-order valence-electron chi connectivity index (χ4n) is 9.03. The number of nitrogens with one attached hydrogen (secondary N) is 2. The van der Waals surface area contributed by atoms with Gasteiger partial charge >= 0.3 is 5.97 Å². The number of morpholine rings is 1. The summed E-state index contributed by atoms with van der Waals surface area (Å²) in [5, 5.41) is 6.13. The zero-order valence-corrected chi connectivity index (χ0v) is 34.6. The molecule has 2 N–H and O–H groups in total. The van der Waals surface area contributed by atoms with Crippen molar-refractivity contribution in [1.82, 2.24) is 29.7 Å². The quantitative estimate of drug-likeness (QED) is 0.0872. The SMILES string of the molecule is CC1(NC(=O)CCC(=O)OC[C@@H]2CN(C(c3ccccc3)(c3ccccc3)c3ccccc3)C[C@H](n3cnc4c(NC(=O)c5ccccc5)ncnc43)O2)CCCCCCC1. The van der Waals surface area contributed by atoms with Gasteiger partial charge in [0, 0.05) is 30.6 Å². The van der Waals surface area contributed by atoms with Gasteiger partial charge in [-0.1, -0.05) is 141 Å². The molecule has 2 fully saturated rings. The molecule has 1 saturated heterocycles. The smallest absolute Gasteiger partial charge is 0.306 e. The summed E-state index contributed by atoms with van der Waals surface area (Å²) < 4.78 is 14.7. The van der Waals surface area contributed by atoms with E-state index in [0.29, 0.717) is 29.8 Å². The first kappa shape index (κ1) is 41.5. The van der Waals surface area contributed by atoms with E-state index in [2.05, 4.69) is 68.8 Å². The number of hydrogen-bond donors (Lipinski definition) is 2. The number of carbonyl (C=O) groups excluding carboxylic acids is 3. The Morgan fingerprint density at radius 1 is 0.738 bits per heavy atom. The molecule has 0 radical (unpaired) electrons. The van der Waals surface area contributed by atoms with Gasteiger partial charge in [-0.05, 0) is 48.6 Å². The fraction of sp³-hybridized carbons (Fsp3) is 0.347. The summed E-state index contributed by atoms with van der Waals surface area (Å²) in [5.41, 5.74) is 3.46. The molecule has 2 atom stereocenters. The highest BCUT2D eigenvalue weighted by molar-refractivity contribution is 6.06. The van der Waals surface area contributed by atoms with Crippen LogP contribution in [-0.4, -0.2) is 73.5 Å². The predicted molar refractivity (Wildman–Crippen MR) is 233 cm³/mol. The molecule has 3 heterocycles. The molecule has 1 aliphatic carbocycles. The van der Waals surface area contributed by atoms with E-state index in [1.54, 1.807) is 30.6 Å². The first-order valence-corrected chi connectivity index (χ1v) is 21.4. The van der Waals surface area contributed by atoms with E-state index in [-0.39, 0.29) is 42.6 Å². The summed E-state index contributed by atoms with van der Waals surface area (Å²) in [6, 6.07) is 40.1. The van der Waals surface area contributed by atoms with Gasteiger partial charge in [0.15, 0.2) is 17.0 Å². The van der Waals surface area contributed by atoms with E-state index < -0.39 is 23.8 Å². The fourth-order valence-corrected chi connectivity index (χ4v) is 9.03. The molecule has 0 bridgehead atoms. The summed E-state index contributed by atoms with van der Waals surface area (Å²) >= 11 is 0. The van der Waals surface area contributed by atoms with Gasteiger partial charge in [0.1, 0.15) is 25.3 Å². The Labute approximate surface area is 356 Å². The van der Waals surface area contributed by atoms with Crippen LogP contribution in [-0.2, 0) is 24.6 Å². The Balaban J connectivity index is 1.10. The number of esters is 1. The molecule has 2 aromatic heterocycles. The number of carbonyl (C=O) groups is 3. The van der Waals surface area contributed by atoms with Crippen molar-refractivity contribution in [1.29, 1.82) is 0 Å². The molecule has 0 spiro atoms. The van der Waals surface area contributed by atoms with Crippen LogP contribution in [0.5, 0.6) is 0 Å². The Morgan fingerprint density at radius 3 is 1.92 bits per heavy atom. The third-order valence-corrected chi connectivity index (χ3v) is 12.0. The van der Waals surface area contributed by atoms with Crippen LogP contribution in [0.25, 0.3) is 11.2 Å². The van der Waals surface area contributed by atoms with Crippen LogP contribution in [0.1, 0.15) is 98.0 Å². The molecular weight excluding hydrogens is 767 g/mol. The maximum Gasteiger partial charge on any atom is 0.306 e. The van der Waals surface area contributed by atoms with Gasteiger partial charge < -0.3 is 20.1 Å². The van der Waals surface area contributed by atoms with Crippen molar-refractivity contribution in [2.75, 3.05) is 25.0 Å². The van der Waals surface area contributed by atoms with E-state index in [1.807, 2.05) is 65.2 Å². The standard InChI is InChI=1S/C49H53N7O5/c1-48(29-17-3-2-4-18-30-48)54-41(57)27-28-43(58)60-33-40-31-55(49(37-21-11-6-12-22-37,38-23-13-7-14-24-38)39-25-15-8-16-26-39)32-42(61-40)56-35-52-44-45(50-34-51-46(44)56)53-47(59)36-19-9-5-10-20-36/h5-16,19-26,34-35,40,42H,2-4,17-18,27-33H2,1H3,(H,54,57)(H,50,51,53,59)/t40-,42+/m0/s1. The van der Waals surface area contributed by atoms with Crippen molar-refractivity contribution in [2.45, 2.75) is 88.1 Å². The van der Waals surface area contributed by atoms with Crippen LogP contribution in [0.3, 0.4) is 0 Å². The van der Waals surface area contributed by atoms with Crippen LogP contribution in [0.2, 0.25) is 0 Å². The van der Waals surface area contributed by atoms with E-state index in [4.69, 9.17) is 14.5 Å². The van der Waals surface area contributed by atoms with Crippen molar-refractivity contribution < 1.29 is 23.9 Å². The second kappa shape index (κ2) is 19.0. The second-order valence-corrected chi connectivity index (χ2v) is 16.4. The van der Waals surface area contributed by atoms with Gasteiger partial charge in [0.05, 0.1) is 18.3 Å². The lowest BCUT2D eigenvalue weighted by Crippen LogP contribution is -2.57. The highest BCUT2D eigenvalue weighted by Crippen LogP contribution is 2.45. The van der Waals surface area contributed by atoms with Crippen LogP contribution < -0.4 is 10.6 Å². The number of anilines is 1. The van der Waals surface area contributed by atoms with Crippen LogP contribution >= 0.6 is 0 Å². The summed E-state index contributed by atoms with van der Waals surface area (Å²) in [5.74, 6) is -0.639. The van der Waals surface area contributed by atoms with Crippen molar-refractivity contribution in [2.24, 2.45) is 0 Å². The lowest BCUT2D eigenvalue weighted by molar-refractivity contribution is -0.169. The van der Waals surface area contributed by atoms with Gasteiger partial charge in [0.2, 0.25) is 5.91 Å². The van der Waals surface area contributed by atoms with Crippen LogP contribution in [0.4, 0.5) is 5.82 Å². The molecule has 314 valence electrons. The van der Waals surface area contributed by atoms with Crippen molar-refractivity contribution in [3.8, 4) is 0 Å². The molecule has 61 heavy (non-hydrogen) atoms. The molecule has 1 aliphatic heterocycles. The van der Waals surface area contributed by atoms with Gasteiger partial charge in [0.25, 0.3) is 5.91 Å². The molecule has 4 aromatic carbocycles. The number of aromatic nitrogens is 4. The highest BCUT2D eigenvalue weighted by Gasteiger charge is 2.47. The first-order chi connectivity index (χ1) is 29.8. The second-order valence-electron chi connectivity index (χ2n) is 16.4. The van der Waals surface area contributed by atoms with Gasteiger partial charge in [-0.25, -0.2) is 15.0 Å². The number of amides is 2. The lowest BCUT2D eigenvalue weighted by atomic mass is 9.75. The predicted octanol–water partition coefficient (Wildman–Crippen LogP) is 8.21. The van der Waals surface area contributed by atoms with E-state index >= 15 is 0 Å². The van der Waals surface area contributed by atoms with E-state index in [1.165, 1.54) is 25.6 Å². The molecule has 8 rings (SSSR count). The average Bonchev–Trinajstić information content (AvgIpc) is 3.74. The summed E-state index contributed by atoms with van der Waals surface area (Å²) in [7, 11) is 0. The lowest BCUT2D eigenvalue weighted by Gasteiger charge is -2.50. The minimum Gasteiger partial charge on any atom is -0.463 e. The number of ether oxygens (including phenoxy) is 2. The molecule has 0 unspecified atom stereocenters. The molecule has 12 heteroatoms. The van der Waals surface area contributed by atoms with Crippen molar-refractivity contribution >= 4 is 34.8 Å². The zero-order chi connectivity index (χ0) is 42.1. The van der Waals surface area contributed by atoms with Gasteiger partial charge in [-0.3, -0.25) is 23.9 Å². The number of imidazole rings is 1. The molecule has 2 amide bonds. The van der Waals surface area contributed by atoms with Gasteiger partial charge in [-0.2, -0.15) is 0 Å². The number of hydrogen-bond acceptors (Lipinski definition) is 9. The number of rotatable bonds is 13. The molecule has 1 saturated carbocycles. The van der Waals surface area contributed by atoms with E-state index in [0.717, 1.165) is 42.4 Å². The Hall–Kier alpha value is -6.24. The normalized spacial score (nSPS) is 18.4. The monoisotopic (exact) mass is 819 g/mol. The number of nitrogens with zero attached hydrogens (tertiary/aromatic N) is 5. The molecule has 12 nitrogen and oxygen atoms in total. The third-order valence-electron chi connectivity index (χ3n) is 12.0. The molecule has 2 aliphatic rings. The van der Waals surface area contributed by atoms with Crippen LogP contribution in [0.15, 0.2) is 134 Å². The number of benzene rings is 4. The summed E-state index contributed by atoms with van der Waals surface area (Å²) in [6.45, 7) is 2.85. The summed E-state index contributed by atoms with van der Waals surface area (Å²) in [4.78, 5) is 55.8. The Morgan fingerprint density at radius 2 is 1.31 bits per heavy atom. The minimum absolute atomic E-state index is 0.0374. The maximum atomic E-state index is 13.4. The highest BCUT2D eigenvalue weighted by atomic mass is 16.6. The summed E-state index contributed by atoms with van der Waals surface area (Å²) in [6.07, 6.45) is 9.47. The van der Waals surface area contributed by atoms with Crippen molar-refractivity contribution in [3.05, 3.63) is 156 Å². The largest absolute Gasteiger partial charge is 0.463 e. The van der Waals surface area contributed by atoms with E-state index in [9.17, 15) is 14.4 Å². The van der Waals surface area contributed by atoms with Crippen molar-refractivity contribution in [3.63, 3.8) is 0 Å². The Bertz CT molecular complexity index is 2290. The average molecular weight is 820 g/mol. The number of fused-ring (bicyclic) bond motifs is 1. The van der Waals surface area contributed by atoms with Crippen LogP contribution in [0, 0.1) is 0 Å². The topological polar surface area (TPSA) is 141 Å². The maximum absolute atomic E-state index is 13.4. The molecular formula is C49H53N7O5. The first-order valence-electron chi connectivity index (χ1n) is 21.4. The molecule has 6 aromatic rings. The Kier molecular flexibility index (Phi) is 12.9. The minimum atomic E-state index is -0.806. The third kappa shape index (κ3) is 9.40. The van der Waals surface area contributed by atoms with Gasteiger partial charge in [-0.15, -0.1) is 0 Å². The zero-order valence-electron chi connectivity index (χ0n) is 34.6.